The predicted octanol–water partition coefficient (Wildman–Crippen LogP) is -11.8. The molecule has 1 amide bonds. The molecule has 47 nitrogen and oxygen atoms in total. The quantitative estimate of drug-likeness (QED) is 0.0271. The van der Waals surface area contributed by atoms with Crippen LogP contribution < -0.4 is 0 Å². The molecule has 9 aliphatic rings. The molecule has 696 valence electrons. The van der Waals surface area contributed by atoms with Gasteiger partial charge in [0.25, 0.3) is 0 Å². The summed E-state index contributed by atoms with van der Waals surface area (Å²) in [6, 6.07) is 0. The van der Waals surface area contributed by atoms with Crippen molar-refractivity contribution in [2.75, 3.05) is 52.9 Å². The van der Waals surface area contributed by atoms with Gasteiger partial charge in [0.15, 0.2) is 62.8 Å². The van der Waals surface area contributed by atoms with Gasteiger partial charge in [-0.25, -0.2) is 0 Å². The summed E-state index contributed by atoms with van der Waals surface area (Å²) in [4.78, 5) is 14.3. The van der Waals surface area contributed by atoms with Gasteiger partial charge in [-0.05, 0) is 6.42 Å². The molecule has 0 bridgehead atoms. The average Bonchev–Trinajstić information content (AvgIpc) is 0.808. The number of amides is 1. The Morgan fingerprint density at radius 3 is 1.12 bits per heavy atom. The molecule has 10 rings (SSSR count). The maximum absolute atomic E-state index is 13.4. The standard InChI is InChI=1S/C73H126N4O43/c1-3-4-5-6-7-8-9-10-11-12-13-14-15-16-17-18-19-76-20-31(74-75-76)21-77(30(2)80)64-52(96)49(93)61(65(103)120-64)117-71-58(102)51(95)60(39(114-71)29-109-73-63(42(86)34(83)26-106-73)119-68-55(99)47(91)44(88)36(23-79)111-68)116-70-57(101)50(94)59(115-69-56(100)48(92)45(89)37(112-69)27-107-66-53(97)40(84)32(81)24-104-66)38(113-70)28-108-72-62(41(85)33(82)25-105-72)118-67-54(98)46(90)43(87)35(22-78)110-67/h20,32-73,78-79,81-103H,3-19,21-29H2,1-2H3/t32-,33-,34-,35?,36?,37?,38+,39?,40-,41?,42-,43-,44-,45-,46-,47-,48-,49?,50?,51+,52?,53?,54?,55?,56?,57?,58?,59+,60-,61-,62?,63?,64-,65-,66-,67-,68-,69-,70+,71-,72-,73-/m0/s1. The van der Waals surface area contributed by atoms with Crippen molar-refractivity contribution in [2.24, 2.45) is 0 Å². The maximum Gasteiger partial charge on any atom is 0.221 e. The van der Waals surface area contributed by atoms with Gasteiger partial charge in [0.2, 0.25) is 5.91 Å². The van der Waals surface area contributed by atoms with Crippen molar-refractivity contribution in [2.45, 2.75) is 388 Å². The van der Waals surface area contributed by atoms with Gasteiger partial charge in [-0.15, -0.1) is 5.10 Å². The van der Waals surface area contributed by atoms with Crippen LogP contribution in [0, 0.1) is 0 Å². The van der Waals surface area contributed by atoms with Gasteiger partial charge in [0.05, 0.1) is 65.6 Å². The highest BCUT2D eigenvalue weighted by Crippen LogP contribution is 2.39. The van der Waals surface area contributed by atoms with Gasteiger partial charge in [0, 0.05) is 13.5 Å². The van der Waals surface area contributed by atoms with Crippen molar-refractivity contribution in [3.8, 4) is 0 Å². The highest BCUT2D eigenvalue weighted by molar-refractivity contribution is 5.73. The average molecular weight is 1750 g/mol. The van der Waals surface area contributed by atoms with Crippen LogP contribution >= 0.6 is 0 Å². The van der Waals surface area contributed by atoms with E-state index in [1.807, 2.05) is 0 Å². The van der Waals surface area contributed by atoms with Crippen LogP contribution in [0.25, 0.3) is 0 Å². The molecule has 1 aromatic heterocycles. The highest BCUT2D eigenvalue weighted by Gasteiger charge is 2.59. The molecule has 16 unspecified atom stereocenters. The topological polar surface area (TPSA) is 714 Å². The summed E-state index contributed by atoms with van der Waals surface area (Å²) in [5, 5.41) is 286. The molecule has 0 saturated carbocycles. The zero-order valence-electron chi connectivity index (χ0n) is 66.5. The van der Waals surface area contributed by atoms with Gasteiger partial charge in [-0.3, -0.25) is 9.48 Å². The monoisotopic (exact) mass is 1750 g/mol. The van der Waals surface area contributed by atoms with E-state index in [-0.39, 0.29) is 12.2 Å². The number of aliphatic hydroxyl groups is 25. The van der Waals surface area contributed by atoms with Crippen molar-refractivity contribution in [1.29, 1.82) is 0 Å². The van der Waals surface area contributed by atoms with Gasteiger partial charge >= 0.3 is 0 Å². The van der Waals surface area contributed by atoms with E-state index in [9.17, 15) is 132 Å². The number of hydrogen-bond acceptors (Lipinski definition) is 45. The third-order valence-corrected chi connectivity index (χ3v) is 23.1. The van der Waals surface area contributed by atoms with Crippen LogP contribution in [0.3, 0.4) is 0 Å². The Hall–Kier alpha value is -3.07. The minimum atomic E-state index is -2.51. The first-order chi connectivity index (χ1) is 57.3. The van der Waals surface area contributed by atoms with E-state index in [1.165, 1.54) is 70.6 Å². The molecular formula is C73H126N4O43. The summed E-state index contributed by atoms with van der Waals surface area (Å²) in [5.74, 6) is -0.737. The number of carbonyl (C=O) groups is 1. The van der Waals surface area contributed by atoms with Crippen molar-refractivity contribution in [1.82, 2.24) is 19.9 Å². The summed E-state index contributed by atoms with van der Waals surface area (Å²) in [6.07, 6.45) is -65.9. The number of hydrogen-bond donors (Lipinski definition) is 25. The summed E-state index contributed by atoms with van der Waals surface area (Å²) in [5.41, 5.74) is 0.229. The lowest BCUT2D eigenvalue weighted by Crippen LogP contribution is -2.68. The molecule has 120 heavy (non-hydrogen) atoms. The zero-order valence-corrected chi connectivity index (χ0v) is 66.5. The normalized spacial score (nSPS) is 44.8. The Balaban J connectivity index is 0.865. The molecule has 9 fully saturated rings. The molecule has 25 N–H and O–H groups in total. The second kappa shape index (κ2) is 46.8. The largest absolute Gasteiger partial charge is 0.394 e. The smallest absolute Gasteiger partial charge is 0.221 e. The molecule has 0 spiro atoms. The van der Waals surface area contributed by atoms with Gasteiger partial charge in [0.1, 0.15) is 201 Å². The van der Waals surface area contributed by atoms with Crippen molar-refractivity contribution in [3.05, 3.63) is 11.9 Å². The first kappa shape index (κ1) is 99.1. The lowest BCUT2D eigenvalue weighted by molar-refractivity contribution is -0.400. The van der Waals surface area contributed by atoms with Crippen molar-refractivity contribution < 1.29 is 213 Å². The first-order valence-electron chi connectivity index (χ1n) is 41.2. The van der Waals surface area contributed by atoms with Crippen LogP contribution in [0.2, 0.25) is 0 Å². The minimum Gasteiger partial charge on any atom is -0.394 e. The lowest BCUT2D eigenvalue weighted by atomic mass is 9.95. The van der Waals surface area contributed by atoms with E-state index in [0.29, 0.717) is 6.54 Å². The SMILES string of the molecule is CCCCCCCCCCCCCCCCCCn1cc(CN(C(C)=O)[C@H]2O[C@H](O)[C@@H](O[C@@H]3OC(CO[C@@H]4OC[C@H](O)[C@H](O)C4O[C@@H]4OC(CO)[C@H](O)[C@H](O)C4O)[C@H](O[C@H]4O[C@H](CO[C@@H]5OC[C@H](O)C(O)C5O[C@@H]5OC(CO)[C@H](O)[C@H](O)C5O)[C@@H](O[C@@H]5OC(CO[C@@H]6OC[C@H](O)[C@H](O)C6O)[C@H](O)[C@H](O)C5O)C(O)C4O)[C@H](O)C3O)C(O)C2O)nn1. The fourth-order valence-electron chi connectivity index (χ4n) is 15.7. The molecule has 42 atom stereocenters. The number of carbonyl (C=O) groups excluding carboxylic acids is 1. The van der Waals surface area contributed by atoms with Gasteiger partial charge in [-0.1, -0.05) is 108 Å². The molecule has 0 radical (unpaired) electrons. The Morgan fingerprint density at radius 1 is 0.367 bits per heavy atom. The van der Waals surface area contributed by atoms with E-state index >= 15 is 0 Å². The zero-order chi connectivity index (χ0) is 87.1. The molecular weight excluding hydrogens is 1620 g/mol. The number of ether oxygens (including phenoxy) is 17. The molecule has 10 heterocycles. The van der Waals surface area contributed by atoms with Crippen LogP contribution in [0.15, 0.2) is 6.20 Å². The molecule has 9 saturated heterocycles. The third-order valence-electron chi connectivity index (χ3n) is 23.1. The van der Waals surface area contributed by atoms with E-state index < -0.39 is 317 Å². The van der Waals surface area contributed by atoms with E-state index in [0.717, 1.165) is 43.9 Å². The Labute approximate surface area is 689 Å². The van der Waals surface area contributed by atoms with Crippen LogP contribution in [0.5, 0.6) is 0 Å². The second-order valence-corrected chi connectivity index (χ2v) is 32.1. The summed E-state index contributed by atoms with van der Waals surface area (Å²) >= 11 is 0. The summed E-state index contributed by atoms with van der Waals surface area (Å²) < 4.78 is 101. The number of unbranched alkanes of at least 4 members (excludes halogenated alkanes) is 15. The minimum absolute atomic E-state index is 0.229. The highest BCUT2D eigenvalue weighted by atomic mass is 16.8. The number of aromatic nitrogens is 3. The number of nitrogens with zero attached hydrogens (tertiary/aromatic N) is 4. The molecule has 0 aliphatic carbocycles. The van der Waals surface area contributed by atoms with E-state index in [4.69, 9.17) is 80.5 Å². The predicted molar refractivity (Wildman–Crippen MR) is 388 cm³/mol. The molecule has 9 aliphatic heterocycles. The second-order valence-electron chi connectivity index (χ2n) is 32.1. The van der Waals surface area contributed by atoms with Gasteiger partial charge in [-0.2, -0.15) is 0 Å². The Morgan fingerprint density at radius 2 is 0.700 bits per heavy atom. The first-order valence-corrected chi connectivity index (χ1v) is 41.2. The lowest BCUT2D eigenvalue weighted by Gasteiger charge is -2.50. The van der Waals surface area contributed by atoms with Gasteiger partial charge < -0.3 is 213 Å². The van der Waals surface area contributed by atoms with Crippen molar-refractivity contribution >= 4 is 5.91 Å². The van der Waals surface area contributed by atoms with Crippen LogP contribution in [0.4, 0.5) is 0 Å². The van der Waals surface area contributed by atoms with Crippen LogP contribution in [0.1, 0.15) is 122 Å². The molecule has 0 aromatic carbocycles. The van der Waals surface area contributed by atoms with Crippen LogP contribution in [-0.4, -0.2) is 464 Å². The number of aryl methyl sites for hydroxylation is 1. The van der Waals surface area contributed by atoms with Crippen molar-refractivity contribution in [3.63, 3.8) is 0 Å². The number of aliphatic hydroxyl groups excluding tert-OH is 25. The Bertz CT molecular complexity index is 3120. The summed E-state index contributed by atoms with van der Waals surface area (Å²) in [7, 11) is 0. The Kier molecular flexibility index (Phi) is 38.6. The maximum atomic E-state index is 13.4. The fourth-order valence-corrected chi connectivity index (χ4v) is 15.7. The number of rotatable bonds is 41. The van der Waals surface area contributed by atoms with E-state index in [1.54, 1.807) is 10.9 Å². The molecule has 1 aromatic rings. The van der Waals surface area contributed by atoms with E-state index in [2.05, 4.69) is 17.2 Å². The fraction of sp³-hybridized carbons (Fsp3) is 0.959. The summed E-state index contributed by atoms with van der Waals surface area (Å²) in [6.45, 7) is -3.49. The molecule has 47 heteroatoms. The third kappa shape index (κ3) is 24.7. The van der Waals surface area contributed by atoms with Crippen LogP contribution in [-0.2, 0) is 98.4 Å².